The molecule has 0 radical (unpaired) electrons. The molecule has 2 fully saturated rings. The first-order valence-corrected chi connectivity index (χ1v) is 9.82. The van der Waals surface area contributed by atoms with Gasteiger partial charge in [0.05, 0.1) is 5.60 Å². The zero-order valence-corrected chi connectivity index (χ0v) is 16.3. The van der Waals surface area contributed by atoms with Gasteiger partial charge in [-0.05, 0) is 36.8 Å². The van der Waals surface area contributed by atoms with Gasteiger partial charge in [0.15, 0.2) is 0 Å². The fourth-order valence-corrected chi connectivity index (χ4v) is 5.01. The number of hydrogen-bond donors (Lipinski definition) is 1. The SMILES string of the molecule is Cl.OC1(c2ccccc2)CCN(C2(c3ccccc3)CCCCC2)CC1. The van der Waals surface area contributed by atoms with Crippen LogP contribution < -0.4 is 0 Å². The fraction of sp³-hybridized carbons (Fsp3) is 0.478. The van der Waals surface area contributed by atoms with Crippen LogP contribution in [0.25, 0.3) is 0 Å². The van der Waals surface area contributed by atoms with E-state index in [1.807, 2.05) is 18.2 Å². The highest BCUT2D eigenvalue weighted by Crippen LogP contribution is 2.45. The summed E-state index contributed by atoms with van der Waals surface area (Å²) in [5, 5.41) is 11.2. The van der Waals surface area contributed by atoms with Gasteiger partial charge in [0.1, 0.15) is 0 Å². The van der Waals surface area contributed by atoms with Gasteiger partial charge in [-0.1, -0.05) is 79.9 Å². The molecule has 1 aliphatic carbocycles. The maximum absolute atomic E-state index is 11.2. The van der Waals surface area contributed by atoms with Crippen molar-refractivity contribution >= 4 is 12.4 Å². The standard InChI is InChI=1S/C23H29NO.ClH/c25-23(21-12-6-2-7-13-21)16-18-24(19-17-23)22(14-8-3-9-15-22)20-10-4-1-5-11-20;/h1-2,4-7,10-13,25H,3,8-9,14-19H2;1H. The molecule has 3 heteroatoms. The number of likely N-dealkylation sites (tertiary alicyclic amines) is 1. The van der Waals surface area contributed by atoms with Gasteiger partial charge in [0, 0.05) is 18.6 Å². The van der Waals surface area contributed by atoms with Crippen molar-refractivity contribution in [2.24, 2.45) is 0 Å². The third-order valence-electron chi connectivity index (χ3n) is 6.50. The van der Waals surface area contributed by atoms with Gasteiger partial charge in [-0.15, -0.1) is 12.4 Å². The van der Waals surface area contributed by atoms with E-state index in [0.717, 1.165) is 31.5 Å². The minimum Gasteiger partial charge on any atom is -0.385 e. The van der Waals surface area contributed by atoms with Crippen molar-refractivity contribution in [1.82, 2.24) is 4.90 Å². The van der Waals surface area contributed by atoms with Crippen LogP contribution in [-0.2, 0) is 11.1 Å². The van der Waals surface area contributed by atoms with E-state index in [9.17, 15) is 5.11 Å². The third kappa shape index (κ3) is 3.55. The van der Waals surface area contributed by atoms with Crippen LogP contribution >= 0.6 is 12.4 Å². The lowest BCUT2D eigenvalue weighted by Crippen LogP contribution is -2.53. The first-order chi connectivity index (χ1) is 12.2. The van der Waals surface area contributed by atoms with E-state index in [1.54, 1.807) is 0 Å². The predicted octanol–water partition coefficient (Wildman–Crippen LogP) is 5.25. The summed E-state index contributed by atoms with van der Waals surface area (Å²) in [5.41, 5.74) is 2.06. The number of nitrogens with zero attached hydrogens (tertiary/aromatic N) is 1. The van der Waals surface area contributed by atoms with Crippen LogP contribution in [-0.4, -0.2) is 23.1 Å². The molecule has 140 valence electrons. The molecule has 1 N–H and O–H groups in total. The monoisotopic (exact) mass is 371 g/mol. The van der Waals surface area contributed by atoms with Gasteiger partial charge in [0.2, 0.25) is 0 Å². The van der Waals surface area contributed by atoms with E-state index in [0.29, 0.717) is 0 Å². The zero-order chi connectivity index (χ0) is 17.2. The first-order valence-electron chi connectivity index (χ1n) is 9.82. The van der Waals surface area contributed by atoms with Crippen LogP contribution in [0.3, 0.4) is 0 Å². The molecule has 0 amide bonds. The van der Waals surface area contributed by atoms with Gasteiger partial charge in [-0.2, -0.15) is 0 Å². The summed E-state index contributed by atoms with van der Waals surface area (Å²) in [7, 11) is 0. The Labute approximate surface area is 163 Å². The summed E-state index contributed by atoms with van der Waals surface area (Å²) in [6.07, 6.45) is 8.14. The van der Waals surface area contributed by atoms with E-state index in [4.69, 9.17) is 0 Å². The topological polar surface area (TPSA) is 23.5 Å². The van der Waals surface area contributed by atoms with Crippen LogP contribution in [0.1, 0.15) is 56.1 Å². The molecule has 0 bridgehead atoms. The smallest absolute Gasteiger partial charge is 0.0920 e. The molecule has 2 nitrogen and oxygen atoms in total. The molecule has 0 unspecified atom stereocenters. The highest BCUT2D eigenvalue weighted by Gasteiger charge is 2.44. The average molecular weight is 372 g/mol. The number of aliphatic hydroxyl groups is 1. The Morgan fingerprint density at radius 3 is 1.69 bits per heavy atom. The van der Waals surface area contributed by atoms with E-state index in [1.165, 1.54) is 37.7 Å². The number of piperidine rings is 1. The van der Waals surface area contributed by atoms with Crippen molar-refractivity contribution in [3.8, 4) is 0 Å². The Hall–Kier alpha value is -1.35. The van der Waals surface area contributed by atoms with Crippen LogP contribution in [0, 0.1) is 0 Å². The van der Waals surface area contributed by atoms with Gasteiger partial charge >= 0.3 is 0 Å². The quantitative estimate of drug-likeness (QED) is 0.796. The molecule has 2 aliphatic rings. The van der Waals surface area contributed by atoms with Crippen molar-refractivity contribution in [3.63, 3.8) is 0 Å². The molecular formula is C23H30ClNO. The Kier molecular flexibility index (Phi) is 6.06. The van der Waals surface area contributed by atoms with Gasteiger partial charge in [-0.25, -0.2) is 0 Å². The third-order valence-corrected chi connectivity index (χ3v) is 6.50. The Morgan fingerprint density at radius 2 is 1.15 bits per heavy atom. The van der Waals surface area contributed by atoms with Crippen molar-refractivity contribution in [3.05, 3.63) is 71.8 Å². The van der Waals surface area contributed by atoms with Crippen LogP contribution in [0.5, 0.6) is 0 Å². The molecule has 1 heterocycles. The second-order valence-electron chi connectivity index (χ2n) is 7.84. The molecule has 0 spiro atoms. The predicted molar refractivity (Wildman–Crippen MR) is 110 cm³/mol. The van der Waals surface area contributed by atoms with Crippen molar-refractivity contribution < 1.29 is 5.11 Å². The molecular weight excluding hydrogens is 342 g/mol. The molecule has 1 saturated heterocycles. The zero-order valence-electron chi connectivity index (χ0n) is 15.4. The van der Waals surface area contributed by atoms with E-state index >= 15 is 0 Å². The molecule has 1 aliphatic heterocycles. The van der Waals surface area contributed by atoms with E-state index in [2.05, 4.69) is 47.4 Å². The first kappa shape index (κ1) is 19.4. The van der Waals surface area contributed by atoms with Crippen molar-refractivity contribution in [1.29, 1.82) is 0 Å². The Bertz CT molecular complexity index is 674. The Morgan fingerprint density at radius 1 is 0.654 bits per heavy atom. The van der Waals surface area contributed by atoms with Crippen molar-refractivity contribution in [2.75, 3.05) is 13.1 Å². The number of rotatable bonds is 3. The summed E-state index contributed by atoms with van der Waals surface area (Å²) in [4.78, 5) is 2.68. The van der Waals surface area contributed by atoms with Crippen LogP contribution in [0.2, 0.25) is 0 Å². The summed E-state index contributed by atoms with van der Waals surface area (Å²) in [6, 6.07) is 21.3. The number of halogens is 1. The number of hydrogen-bond acceptors (Lipinski definition) is 2. The van der Waals surface area contributed by atoms with Gasteiger partial charge in [-0.3, -0.25) is 4.90 Å². The van der Waals surface area contributed by atoms with Crippen molar-refractivity contribution in [2.45, 2.75) is 56.1 Å². The summed E-state index contributed by atoms with van der Waals surface area (Å²) < 4.78 is 0. The Balaban J connectivity index is 0.00000196. The lowest BCUT2D eigenvalue weighted by molar-refractivity contribution is -0.0668. The maximum atomic E-state index is 11.2. The highest BCUT2D eigenvalue weighted by atomic mass is 35.5. The largest absolute Gasteiger partial charge is 0.385 e. The molecule has 26 heavy (non-hydrogen) atoms. The lowest BCUT2D eigenvalue weighted by atomic mass is 9.73. The minimum absolute atomic E-state index is 0. The summed E-state index contributed by atoms with van der Waals surface area (Å²) in [5.74, 6) is 0. The molecule has 2 aromatic rings. The normalized spacial score (nSPS) is 22.3. The van der Waals surface area contributed by atoms with E-state index < -0.39 is 5.60 Å². The molecule has 0 aromatic heterocycles. The highest BCUT2D eigenvalue weighted by molar-refractivity contribution is 5.85. The lowest BCUT2D eigenvalue weighted by Gasteiger charge is -2.51. The number of benzene rings is 2. The average Bonchev–Trinajstić information content (AvgIpc) is 2.70. The molecule has 4 rings (SSSR count). The summed E-state index contributed by atoms with van der Waals surface area (Å²) >= 11 is 0. The molecule has 2 aromatic carbocycles. The summed E-state index contributed by atoms with van der Waals surface area (Å²) in [6.45, 7) is 1.95. The molecule has 0 atom stereocenters. The van der Waals surface area contributed by atoms with E-state index in [-0.39, 0.29) is 17.9 Å². The minimum atomic E-state index is -0.662. The van der Waals surface area contributed by atoms with Crippen LogP contribution in [0.4, 0.5) is 0 Å². The van der Waals surface area contributed by atoms with Crippen LogP contribution in [0.15, 0.2) is 60.7 Å². The molecule has 1 saturated carbocycles. The van der Waals surface area contributed by atoms with Gasteiger partial charge in [0.25, 0.3) is 0 Å². The maximum Gasteiger partial charge on any atom is 0.0920 e. The van der Waals surface area contributed by atoms with Gasteiger partial charge < -0.3 is 5.11 Å². The fourth-order valence-electron chi connectivity index (χ4n) is 5.01. The second-order valence-corrected chi connectivity index (χ2v) is 7.84. The second kappa shape index (κ2) is 8.12.